The molecule has 1 fully saturated rings. The van der Waals surface area contributed by atoms with Crippen molar-refractivity contribution in [1.29, 1.82) is 0 Å². The first-order valence-corrected chi connectivity index (χ1v) is 9.14. The Morgan fingerprint density at radius 3 is 2.54 bits per heavy atom. The third kappa shape index (κ3) is 3.80. The normalized spacial score (nSPS) is 14.8. The molecule has 28 heavy (non-hydrogen) atoms. The molecular weight excluding hydrogens is 360 g/mol. The van der Waals surface area contributed by atoms with Gasteiger partial charge >= 0.3 is 0 Å². The van der Waals surface area contributed by atoms with Crippen LogP contribution in [0.2, 0.25) is 0 Å². The van der Waals surface area contributed by atoms with Crippen molar-refractivity contribution in [3.63, 3.8) is 0 Å². The van der Waals surface area contributed by atoms with Crippen molar-refractivity contribution in [3.8, 4) is 11.4 Å². The Labute approximate surface area is 161 Å². The number of anilines is 1. The average molecular weight is 380 g/mol. The summed E-state index contributed by atoms with van der Waals surface area (Å²) in [6.07, 6.45) is 3.02. The van der Waals surface area contributed by atoms with Gasteiger partial charge < -0.3 is 19.2 Å². The summed E-state index contributed by atoms with van der Waals surface area (Å²) in [5.74, 6) is 1.38. The van der Waals surface area contributed by atoms with Gasteiger partial charge in [0.2, 0.25) is 17.6 Å². The summed E-state index contributed by atoms with van der Waals surface area (Å²) in [6, 6.07) is 10.7. The predicted octanol–water partition coefficient (Wildman–Crippen LogP) is 3.31. The van der Waals surface area contributed by atoms with Gasteiger partial charge in [-0.2, -0.15) is 4.98 Å². The summed E-state index contributed by atoms with van der Waals surface area (Å²) < 4.78 is 10.7. The van der Waals surface area contributed by atoms with Gasteiger partial charge in [0.25, 0.3) is 5.91 Å². The first kappa shape index (κ1) is 18.0. The van der Waals surface area contributed by atoms with Crippen LogP contribution in [0.4, 0.5) is 5.69 Å². The monoisotopic (exact) mass is 380 g/mol. The molecule has 1 N–H and O–H groups in total. The van der Waals surface area contributed by atoms with Gasteiger partial charge in [-0.3, -0.25) is 9.59 Å². The lowest BCUT2D eigenvalue weighted by Crippen LogP contribution is -2.37. The van der Waals surface area contributed by atoms with Crippen LogP contribution in [0.15, 0.2) is 51.6 Å². The Kier molecular flexibility index (Phi) is 4.92. The van der Waals surface area contributed by atoms with Crippen LogP contribution in [0.5, 0.6) is 0 Å². The molecule has 2 aromatic heterocycles. The first-order valence-electron chi connectivity index (χ1n) is 9.14. The zero-order valence-electron chi connectivity index (χ0n) is 15.4. The van der Waals surface area contributed by atoms with Gasteiger partial charge in [0.05, 0.1) is 6.26 Å². The highest BCUT2D eigenvalue weighted by Crippen LogP contribution is 2.29. The molecule has 1 aromatic carbocycles. The maximum atomic E-state index is 12.3. The number of nitrogens with zero attached hydrogens (tertiary/aromatic N) is 3. The Morgan fingerprint density at radius 2 is 1.89 bits per heavy atom. The van der Waals surface area contributed by atoms with E-state index in [1.54, 1.807) is 29.2 Å². The molecule has 1 aliphatic rings. The molecule has 3 heterocycles. The number of benzene rings is 1. The van der Waals surface area contributed by atoms with Crippen molar-refractivity contribution < 1.29 is 18.5 Å². The predicted molar refractivity (Wildman–Crippen MR) is 101 cm³/mol. The minimum Gasteiger partial charge on any atom is -0.459 e. The lowest BCUT2D eigenvalue weighted by Gasteiger charge is -2.29. The Hall–Kier alpha value is -3.42. The molecule has 0 atom stereocenters. The van der Waals surface area contributed by atoms with Gasteiger partial charge in [-0.1, -0.05) is 5.16 Å². The quantitative estimate of drug-likeness (QED) is 0.745. The summed E-state index contributed by atoms with van der Waals surface area (Å²) in [5.41, 5.74) is 1.53. The van der Waals surface area contributed by atoms with Crippen LogP contribution in [-0.2, 0) is 4.79 Å². The zero-order valence-corrected chi connectivity index (χ0v) is 15.4. The van der Waals surface area contributed by atoms with E-state index in [-0.39, 0.29) is 17.7 Å². The van der Waals surface area contributed by atoms with E-state index in [9.17, 15) is 9.59 Å². The van der Waals surface area contributed by atoms with Gasteiger partial charge in [0, 0.05) is 37.2 Å². The van der Waals surface area contributed by atoms with E-state index in [1.807, 2.05) is 12.1 Å². The number of amides is 2. The lowest BCUT2D eigenvalue weighted by molar-refractivity contribution is -0.114. The number of hydrogen-bond donors (Lipinski definition) is 1. The molecule has 0 radical (unpaired) electrons. The first-order chi connectivity index (χ1) is 13.6. The number of carbonyl (C=O) groups excluding carboxylic acids is 2. The fourth-order valence-electron chi connectivity index (χ4n) is 3.31. The summed E-state index contributed by atoms with van der Waals surface area (Å²) in [4.78, 5) is 29.8. The van der Waals surface area contributed by atoms with Crippen LogP contribution in [0, 0.1) is 0 Å². The minimum absolute atomic E-state index is 0.0890. The van der Waals surface area contributed by atoms with E-state index >= 15 is 0 Å². The average Bonchev–Trinajstić information content (AvgIpc) is 3.40. The van der Waals surface area contributed by atoms with Crippen molar-refractivity contribution in [2.45, 2.75) is 25.7 Å². The number of furan rings is 1. The Balaban J connectivity index is 1.38. The van der Waals surface area contributed by atoms with Crippen LogP contribution in [0.1, 0.15) is 42.1 Å². The maximum Gasteiger partial charge on any atom is 0.289 e. The summed E-state index contributed by atoms with van der Waals surface area (Å²) in [5, 5.41) is 6.80. The molecular formula is C20H20N4O4. The van der Waals surface area contributed by atoms with Crippen molar-refractivity contribution in [2.75, 3.05) is 18.4 Å². The SMILES string of the molecule is CC(=O)Nc1ccc(-c2noc(C3CCN(C(=O)c4ccco4)CC3)n2)cc1. The topological polar surface area (TPSA) is 101 Å². The number of piperidine rings is 1. The van der Waals surface area contributed by atoms with Crippen molar-refractivity contribution in [1.82, 2.24) is 15.0 Å². The molecule has 0 aliphatic carbocycles. The molecule has 144 valence electrons. The van der Waals surface area contributed by atoms with E-state index in [0.717, 1.165) is 18.4 Å². The van der Waals surface area contributed by atoms with E-state index in [0.29, 0.717) is 36.3 Å². The molecule has 0 spiro atoms. The molecule has 2 amide bonds. The second-order valence-corrected chi connectivity index (χ2v) is 6.76. The van der Waals surface area contributed by atoms with E-state index in [1.165, 1.54) is 13.2 Å². The highest BCUT2D eigenvalue weighted by molar-refractivity contribution is 5.91. The lowest BCUT2D eigenvalue weighted by atomic mass is 9.96. The third-order valence-corrected chi connectivity index (χ3v) is 4.77. The van der Waals surface area contributed by atoms with Crippen LogP contribution >= 0.6 is 0 Å². The van der Waals surface area contributed by atoms with E-state index in [4.69, 9.17) is 8.94 Å². The van der Waals surface area contributed by atoms with Gasteiger partial charge in [-0.05, 0) is 49.2 Å². The summed E-state index contributed by atoms with van der Waals surface area (Å²) >= 11 is 0. The number of nitrogens with one attached hydrogen (secondary N) is 1. The van der Waals surface area contributed by atoms with Crippen LogP contribution in [0.25, 0.3) is 11.4 Å². The number of aromatic nitrogens is 2. The highest BCUT2D eigenvalue weighted by atomic mass is 16.5. The fourth-order valence-corrected chi connectivity index (χ4v) is 3.31. The summed E-state index contributed by atoms with van der Waals surface area (Å²) in [6.45, 7) is 2.70. The van der Waals surface area contributed by atoms with Gasteiger partial charge in [0.1, 0.15) is 0 Å². The maximum absolute atomic E-state index is 12.3. The van der Waals surface area contributed by atoms with Crippen LogP contribution < -0.4 is 5.32 Å². The number of likely N-dealkylation sites (tertiary alicyclic amines) is 1. The Bertz CT molecular complexity index is 955. The second-order valence-electron chi connectivity index (χ2n) is 6.76. The number of rotatable bonds is 4. The third-order valence-electron chi connectivity index (χ3n) is 4.77. The minimum atomic E-state index is -0.119. The molecule has 0 bridgehead atoms. The molecule has 3 aromatic rings. The molecule has 4 rings (SSSR count). The zero-order chi connectivity index (χ0) is 19.5. The standard InChI is InChI=1S/C20H20N4O4/c1-13(25)21-16-6-4-14(5-7-16)18-22-19(28-23-18)15-8-10-24(11-9-15)20(26)17-3-2-12-27-17/h2-7,12,15H,8-11H2,1H3,(H,21,25). The van der Waals surface area contributed by atoms with Crippen molar-refractivity contribution >= 4 is 17.5 Å². The fraction of sp³-hybridized carbons (Fsp3) is 0.300. The molecule has 0 saturated carbocycles. The highest BCUT2D eigenvalue weighted by Gasteiger charge is 2.29. The largest absolute Gasteiger partial charge is 0.459 e. The summed E-state index contributed by atoms with van der Waals surface area (Å²) in [7, 11) is 0. The second kappa shape index (κ2) is 7.67. The van der Waals surface area contributed by atoms with Crippen molar-refractivity contribution in [2.24, 2.45) is 0 Å². The van der Waals surface area contributed by atoms with Gasteiger partial charge in [-0.15, -0.1) is 0 Å². The smallest absolute Gasteiger partial charge is 0.289 e. The Morgan fingerprint density at radius 1 is 1.14 bits per heavy atom. The van der Waals surface area contributed by atoms with Gasteiger partial charge in [-0.25, -0.2) is 0 Å². The van der Waals surface area contributed by atoms with Crippen molar-refractivity contribution in [3.05, 3.63) is 54.3 Å². The number of carbonyl (C=O) groups is 2. The van der Waals surface area contributed by atoms with Crippen LogP contribution in [0.3, 0.4) is 0 Å². The van der Waals surface area contributed by atoms with E-state index in [2.05, 4.69) is 15.5 Å². The molecule has 8 heteroatoms. The van der Waals surface area contributed by atoms with Crippen LogP contribution in [-0.4, -0.2) is 39.9 Å². The van der Waals surface area contributed by atoms with E-state index < -0.39 is 0 Å². The molecule has 1 aliphatic heterocycles. The molecule has 0 unspecified atom stereocenters. The molecule has 8 nitrogen and oxygen atoms in total. The number of hydrogen-bond acceptors (Lipinski definition) is 6. The van der Waals surface area contributed by atoms with Gasteiger partial charge in [0.15, 0.2) is 5.76 Å². The molecule has 1 saturated heterocycles.